The maximum atomic E-state index is 6.41. The smallest absolute Gasteiger partial charge is 0.161 e. The Kier molecular flexibility index (Phi) is 5.11. The third-order valence-corrected chi connectivity index (χ3v) is 6.60. The number of benzene rings is 2. The summed E-state index contributed by atoms with van der Waals surface area (Å²) in [6.45, 7) is 2.11. The van der Waals surface area contributed by atoms with Gasteiger partial charge in [-0.15, -0.1) is 0 Å². The Hall–Kier alpha value is -2.04. The van der Waals surface area contributed by atoms with Gasteiger partial charge in [0.1, 0.15) is 0 Å². The highest BCUT2D eigenvalue weighted by Gasteiger charge is 2.51. The van der Waals surface area contributed by atoms with E-state index in [4.69, 9.17) is 15.2 Å². The van der Waals surface area contributed by atoms with Crippen molar-refractivity contribution in [2.45, 2.75) is 49.7 Å². The molecule has 0 bridgehead atoms. The SMILES string of the molecule is COc1ccc([C@@]23CC[C@@H](N)C[C@H]2N(Cc2ccccc2)CC3)cc1OC. The molecule has 1 saturated heterocycles. The van der Waals surface area contributed by atoms with Gasteiger partial charge in [-0.1, -0.05) is 36.4 Å². The molecule has 27 heavy (non-hydrogen) atoms. The van der Waals surface area contributed by atoms with Crippen molar-refractivity contribution in [1.82, 2.24) is 4.90 Å². The van der Waals surface area contributed by atoms with Crippen molar-refractivity contribution in [2.24, 2.45) is 5.73 Å². The Labute approximate surface area is 162 Å². The molecule has 2 aliphatic rings. The lowest BCUT2D eigenvalue weighted by atomic mass is 9.65. The molecule has 4 heteroatoms. The van der Waals surface area contributed by atoms with E-state index < -0.39 is 0 Å². The van der Waals surface area contributed by atoms with E-state index in [0.29, 0.717) is 12.1 Å². The van der Waals surface area contributed by atoms with E-state index in [9.17, 15) is 0 Å². The summed E-state index contributed by atoms with van der Waals surface area (Å²) in [5.74, 6) is 1.61. The molecular weight excluding hydrogens is 336 g/mol. The number of nitrogens with zero attached hydrogens (tertiary/aromatic N) is 1. The number of likely N-dealkylation sites (tertiary alicyclic amines) is 1. The van der Waals surface area contributed by atoms with E-state index in [1.807, 2.05) is 6.07 Å². The molecule has 1 aliphatic carbocycles. The molecule has 2 aromatic carbocycles. The highest BCUT2D eigenvalue weighted by atomic mass is 16.5. The molecular formula is C23H30N2O2. The molecule has 0 spiro atoms. The van der Waals surface area contributed by atoms with E-state index in [0.717, 1.165) is 43.9 Å². The van der Waals surface area contributed by atoms with Gasteiger partial charge in [-0.3, -0.25) is 4.90 Å². The zero-order valence-electron chi connectivity index (χ0n) is 16.4. The summed E-state index contributed by atoms with van der Waals surface area (Å²) in [6, 6.07) is 18.0. The monoisotopic (exact) mass is 366 g/mol. The topological polar surface area (TPSA) is 47.7 Å². The van der Waals surface area contributed by atoms with Gasteiger partial charge in [0.05, 0.1) is 14.2 Å². The van der Waals surface area contributed by atoms with Crippen LogP contribution in [0.1, 0.15) is 36.8 Å². The Morgan fingerprint density at radius 2 is 1.81 bits per heavy atom. The molecule has 1 aliphatic heterocycles. The zero-order chi connectivity index (χ0) is 18.9. The van der Waals surface area contributed by atoms with Crippen LogP contribution >= 0.6 is 0 Å². The first-order valence-electron chi connectivity index (χ1n) is 9.92. The zero-order valence-corrected chi connectivity index (χ0v) is 16.4. The number of hydrogen-bond donors (Lipinski definition) is 1. The van der Waals surface area contributed by atoms with Crippen LogP contribution < -0.4 is 15.2 Å². The molecule has 0 amide bonds. The summed E-state index contributed by atoms with van der Waals surface area (Å²) >= 11 is 0. The van der Waals surface area contributed by atoms with E-state index in [1.54, 1.807) is 14.2 Å². The van der Waals surface area contributed by atoms with Gasteiger partial charge in [0.25, 0.3) is 0 Å². The fourth-order valence-corrected chi connectivity index (χ4v) is 5.16. The number of ether oxygens (including phenoxy) is 2. The third-order valence-electron chi connectivity index (χ3n) is 6.60. The quantitative estimate of drug-likeness (QED) is 0.876. The van der Waals surface area contributed by atoms with Gasteiger partial charge in [0.15, 0.2) is 11.5 Å². The van der Waals surface area contributed by atoms with E-state index in [2.05, 4.69) is 47.4 Å². The number of rotatable bonds is 5. The predicted molar refractivity (Wildman–Crippen MR) is 108 cm³/mol. The highest BCUT2D eigenvalue weighted by Crippen LogP contribution is 2.50. The molecule has 1 saturated carbocycles. The van der Waals surface area contributed by atoms with Gasteiger partial charge in [-0.05, 0) is 55.5 Å². The highest BCUT2D eigenvalue weighted by molar-refractivity contribution is 5.46. The van der Waals surface area contributed by atoms with Gasteiger partial charge in [0.2, 0.25) is 0 Å². The maximum absolute atomic E-state index is 6.41. The van der Waals surface area contributed by atoms with Gasteiger partial charge in [-0.25, -0.2) is 0 Å². The second-order valence-corrected chi connectivity index (χ2v) is 7.98. The normalized spacial score (nSPS) is 28.0. The first kappa shape index (κ1) is 18.3. The molecule has 3 atom stereocenters. The Morgan fingerprint density at radius 1 is 1.04 bits per heavy atom. The molecule has 2 fully saturated rings. The molecule has 0 radical (unpaired) electrons. The van der Waals surface area contributed by atoms with Crippen molar-refractivity contribution >= 4 is 0 Å². The standard InChI is InChI=1S/C23H30N2O2/c1-26-20-9-8-18(14-21(20)27-2)23-11-10-19(24)15-22(23)25(13-12-23)16-17-6-4-3-5-7-17/h3-9,14,19,22H,10-13,15-16,24H2,1-2H3/t19-,22-,23+/m1/s1. The van der Waals surface area contributed by atoms with Gasteiger partial charge < -0.3 is 15.2 Å². The van der Waals surface area contributed by atoms with Crippen LogP contribution in [0.25, 0.3) is 0 Å². The lowest BCUT2D eigenvalue weighted by molar-refractivity contribution is 0.139. The minimum atomic E-state index is 0.157. The van der Waals surface area contributed by atoms with Crippen LogP contribution in [0.4, 0.5) is 0 Å². The van der Waals surface area contributed by atoms with Crippen molar-refractivity contribution in [1.29, 1.82) is 0 Å². The van der Waals surface area contributed by atoms with Crippen molar-refractivity contribution in [3.8, 4) is 11.5 Å². The molecule has 2 N–H and O–H groups in total. The van der Waals surface area contributed by atoms with Crippen LogP contribution in [0, 0.1) is 0 Å². The second-order valence-electron chi connectivity index (χ2n) is 7.98. The lowest BCUT2D eigenvalue weighted by Crippen LogP contribution is -2.50. The van der Waals surface area contributed by atoms with Crippen LogP contribution in [0.2, 0.25) is 0 Å². The summed E-state index contributed by atoms with van der Waals surface area (Å²) in [6.07, 6.45) is 4.46. The molecule has 1 heterocycles. The molecule has 4 nitrogen and oxygen atoms in total. The minimum Gasteiger partial charge on any atom is -0.493 e. The number of hydrogen-bond acceptors (Lipinski definition) is 4. The van der Waals surface area contributed by atoms with Crippen LogP contribution in [0.5, 0.6) is 11.5 Å². The first-order chi connectivity index (χ1) is 13.2. The largest absolute Gasteiger partial charge is 0.493 e. The summed E-state index contributed by atoms with van der Waals surface area (Å²) in [7, 11) is 3.40. The van der Waals surface area contributed by atoms with Crippen LogP contribution in [-0.2, 0) is 12.0 Å². The average Bonchev–Trinajstić information content (AvgIpc) is 3.07. The minimum absolute atomic E-state index is 0.157. The van der Waals surface area contributed by atoms with Gasteiger partial charge >= 0.3 is 0 Å². The van der Waals surface area contributed by atoms with E-state index in [1.165, 1.54) is 17.5 Å². The number of fused-ring (bicyclic) bond motifs is 1. The maximum Gasteiger partial charge on any atom is 0.161 e. The van der Waals surface area contributed by atoms with Crippen LogP contribution in [-0.4, -0.2) is 37.7 Å². The first-order valence-corrected chi connectivity index (χ1v) is 9.92. The van der Waals surface area contributed by atoms with Crippen LogP contribution in [0.15, 0.2) is 48.5 Å². The van der Waals surface area contributed by atoms with Gasteiger partial charge in [0, 0.05) is 24.0 Å². The average molecular weight is 367 g/mol. The molecule has 0 unspecified atom stereocenters. The van der Waals surface area contributed by atoms with Crippen molar-refractivity contribution in [3.05, 3.63) is 59.7 Å². The molecule has 144 valence electrons. The van der Waals surface area contributed by atoms with E-state index >= 15 is 0 Å². The molecule has 2 aromatic rings. The Morgan fingerprint density at radius 3 is 2.56 bits per heavy atom. The number of methoxy groups -OCH3 is 2. The Bertz CT molecular complexity index is 779. The van der Waals surface area contributed by atoms with Crippen molar-refractivity contribution in [2.75, 3.05) is 20.8 Å². The summed E-state index contributed by atoms with van der Waals surface area (Å²) < 4.78 is 11.0. The summed E-state index contributed by atoms with van der Waals surface area (Å²) in [5.41, 5.74) is 9.31. The molecule has 4 rings (SSSR count). The van der Waals surface area contributed by atoms with E-state index in [-0.39, 0.29) is 5.41 Å². The summed E-state index contributed by atoms with van der Waals surface area (Å²) in [4.78, 5) is 2.64. The van der Waals surface area contributed by atoms with Gasteiger partial charge in [-0.2, -0.15) is 0 Å². The lowest BCUT2D eigenvalue weighted by Gasteiger charge is -2.44. The fraction of sp³-hybridized carbons (Fsp3) is 0.478. The second kappa shape index (κ2) is 7.53. The van der Waals surface area contributed by atoms with Crippen molar-refractivity contribution < 1.29 is 9.47 Å². The summed E-state index contributed by atoms with van der Waals surface area (Å²) in [5, 5.41) is 0. The van der Waals surface area contributed by atoms with Crippen molar-refractivity contribution in [3.63, 3.8) is 0 Å². The predicted octanol–water partition coefficient (Wildman–Crippen LogP) is 3.73. The molecule has 0 aromatic heterocycles. The Balaban J connectivity index is 1.67. The fourth-order valence-electron chi connectivity index (χ4n) is 5.16. The third kappa shape index (κ3) is 3.32. The number of nitrogens with two attached hydrogens (primary N) is 1. The van der Waals surface area contributed by atoms with Crippen LogP contribution in [0.3, 0.4) is 0 Å².